The Kier molecular flexibility index (Phi) is 5.88. The Bertz CT molecular complexity index is 1140. The zero-order valence-corrected chi connectivity index (χ0v) is 22.4. The normalized spacial score (nSPS) is 33.9. The molecule has 0 spiro atoms. The predicted octanol–water partition coefficient (Wildman–Crippen LogP) is 5.95. The number of amides is 1. The molecule has 2 heterocycles. The highest BCUT2D eigenvalue weighted by atomic mass is 35.5. The highest BCUT2D eigenvalue weighted by Gasteiger charge is 2.61. The molecular formula is C28H38ClFN4O. The monoisotopic (exact) mass is 500 g/mol. The van der Waals surface area contributed by atoms with Gasteiger partial charge in [0.1, 0.15) is 5.82 Å². The molecule has 2 aliphatic carbocycles. The van der Waals surface area contributed by atoms with Crippen LogP contribution in [0.25, 0.3) is 0 Å². The van der Waals surface area contributed by atoms with Crippen LogP contribution in [-0.2, 0) is 10.3 Å². The van der Waals surface area contributed by atoms with Gasteiger partial charge in [-0.1, -0.05) is 38.4 Å². The maximum atomic E-state index is 14.4. The van der Waals surface area contributed by atoms with Gasteiger partial charge < -0.3 is 5.32 Å². The largest absolute Gasteiger partial charge is 0.351 e. The molecule has 2 saturated carbocycles. The summed E-state index contributed by atoms with van der Waals surface area (Å²) in [6.45, 7) is 13.4. The molecule has 1 aromatic carbocycles. The number of aromatic nitrogens is 2. The Hall–Kier alpha value is -1.92. The van der Waals surface area contributed by atoms with Crippen LogP contribution in [0.5, 0.6) is 0 Å². The Morgan fingerprint density at radius 2 is 1.97 bits per heavy atom. The molecule has 0 unspecified atom stereocenters. The van der Waals surface area contributed by atoms with Crippen molar-refractivity contribution in [2.75, 3.05) is 0 Å². The highest BCUT2D eigenvalue weighted by Crippen LogP contribution is 2.65. The van der Waals surface area contributed by atoms with Crippen molar-refractivity contribution in [3.63, 3.8) is 0 Å². The fourth-order valence-corrected chi connectivity index (χ4v) is 7.02. The summed E-state index contributed by atoms with van der Waals surface area (Å²) in [6, 6.07) is 6.53. The summed E-state index contributed by atoms with van der Waals surface area (Å²) in [5.74, 6) is 0.196. The smallest absolute Gasteiger partial charge is 0.237 e. The zero-order chi connectivity index (χ0) is 25.3. The Morgan fingerprint density at radius 1 is 1.23 bits per heavy atom. The first kappa shape index (κ1) is 24.8. The third-order valence-corrected chi connectivity index (χ3v) is 9.99. The number of nitrogens with one attached hydrogen (secondary N) is 2. The Balaban J connectivity index is 1.40. The fraction of sp³-hybridized carbons (Fsp3) is 0.643. The molecule has 5 nitrogen and oxygen atoms in total. The minimum atomic E-state index is -0.449. The van der Waals surface area contributed by atoms with E-state index in [0.29, 0.717) is 12.3 Å². The van der Waals surface area contributed by atoms with E-state index in [0.717, 1.165) is 24.1 Å². The van der Waals surface area contributed by atoms with E-state index in [4.69, 9.17) is 16.7 Å². The molecular weight excluding hydrogens is 463 g/mol. The first-order chi connectivity index (χ1) is 16.3. The standard InChI is InChI=1S/C28H38ClFN4O/c1-26(2,3)34-12-10-21(33-34)18-15-22(31-24(18)16-7-8-19(29)20(30)13-16)25(35)32-23-14-17-9-11-28(23,6)27(17,4)5/h7-8,10,12-13,17-18,22-24,31H,9,11,14-15H2,1-6H3,(H,32,35)/t17-,18+,22+,23+,24+,28+/m1/s1. The van der Waals surface area contributed by atoms with Crippen molar-refractivity contribution in [3.8, 4) is 0 Å². The van der Waals surface area contributed by atoms with E-state index in [2.05, 4.69) is 52.2 Å². The number of halogens is 2. The van der Waals surface area contributed by atoms with Gasteiger partial charge in [-0.05, 0) is 87.0 Å². The van der Waals surface area contributed by atoms with Crippen LogP contribution in [0.15, 0.2) is 30.5 Å². The number of hydrogen-bond acceptors (Lipinski definition) is 3. The van der Waals surface area contributed by atoms with E-state index in [9.17, 15) is 9.18 Å². The average Bonchev–Trinajstić information content (AvgIpc) is 3.51. The summed E-state index contributed by atoms with van der Waals surface area (Å²) < 4.78 is 16.3. The van der Waals surface area contributed by atoms with Crippen molar-refractivity contribution < 1.29 is 9.18 Å². The molecule has 3 aliphatic rings. The lowest BCUT2D eigenvalue weighted by Gasteiger charge is -2.39. The van der Waals surface area contributed by atoms with Crippen molar-refractivity contribution in [2.24, 2.45) is 16.7 Å². The molecule has 7 heteroatoms. The highest BCUT2D eigenvalue weighted by molar-refractivity contribution is 6.30. The third-order valence-electron chi connectivity index (χ3n) is 9.68. The second kappa shape index (κ2) is 8.31. The predicted molar refractivity (Wildman–Crippen MR) is 137 cm³/mol. The molecule has 2 aromatic rings. The van der Waals surface area contributed by atoms with Crippen LogP contribution in [0.3, 0.4) is 0 Å². The number of benzene rings is 1. The molecule has 0 radical (unpaired) electrons. The number of nitrogens with zero attached hydrogens (tertiary/aromatic N) is 2. The summed E-state index contributed by atoms with van der Waals surface area (Å²) in [7, 11) is 0. The third kappa shape index (κ3) is 4.01. The molecule has 1 aliphatic heterocycles. The molecule has 2 bridgehead atoms. The number of rotatable bonds is 4. The van der Waals surface area contributed by atoms with Crippen LogP contribution >= 0.6 is 11.6 Å². The Labute approximate surface area is 213 Å². The zero-order valence-electron chi connectivity index (χ0n) is 21.7. The molecule has 1 saturated heterocycles. The van der Waals surface area contributed by atoms with Crippen LogP contribution in [0, 0.1) is 22.6 Å². The van der Waals surface area contributed by atoms with Crippen LogP contribution < -0.4 is 10.6 Å². The van der Waals surface area contributed by atoms with Gasteiger partial charge >= 0.3 is 0 Å². The first-order valence-corrected chi connectivity index (χ1v) is 13.3. The van der Waals surface area contributed by atoms with E-state index in [1.54, 1.807) is 6.07 Å². The van der Waals surface area contributed by atoms with Crippen molar-refractivity contribution in [2.45, 2.75) is 96.8 Å². The lowest BCUT2D eigenvalue weighted by atomic mass is 9.69. The molecule has 3 fully saturated rings. The van der Waals surface area contributed by atoms with Crippen LogP contribution in [0.1, 0.15) is 90.4 Å². The molecule has 190 valence electrons. The molecule has 35 heavy (non-hydrogen) atoms. The number of fused-ring (bicyclic) bond motifs is 2. The lowest BCUT2D eigenvalue weighted by Crippen LogP contribution is -2.51. The minimum absolute atomic E-state index is 0.0387. The summed E-state index contributed by atoms with van der Waals surface area (Å²) in [6.07, 6.45) is 6.05. The SMILES string of the molecule is CC(C)(C)n1ccc([C@@H]2C[C@@H](C(=O)N[C@H]3C[C@H]4CC[C@]3(C)C4(C)C)N[C@H]2c2ccc(Cl)c(F)c2)n1. The molecule has 2 N–H and O–H groups in total. The molecule has 5 rings (SSSR count). The quantitative estimate of drug-likeness (QED) is 0.545. The Morgan fingerprint density at radius 3 is 2.54 bits per heavy atom. The van der Waals surface area contributed by atoms with Gasteiger partial charge in [0.25, 0.3) is 0 Å². The van der Waals surface area contributed by atoms with E-state index in [-0.39, 0.29) is 51.3 Å². The van der Waals surface area contributed by atoms with Gasteiger partial charge in [0.15, 0.2) is 0 Å². The van der Waals surface area contributed by atoms with Gasteiger partial charge in [0.2, 0.25) is 5.91 Å². The van der Waals surface area contributed by atoms with Crippen LogP contribution in [-0.4, -0.2) is 27.8 Å². The number of carbonyl (C=O) groups excluding carboxylic acids is 1. The van der Waals surface area contributed by atoms with Gasteiger partial charge in [0.05, 0.1) is 22.3 Å². The number of carbonyl (C=O) groups is 1. The van der Waals surface area contributed by atoms with Gasteiger partial charge in [0, 0.05) is 24.2 Å². The van der Waals surface area contributed by atoms with Crippen molar-refractivity contribution in [1.82, 2.24) is 20.4 Å². The van der Waals surface area contributed by atoms with E-state index >= 15 is 0 Å². The van der Waals surface area contributed by atoms with Gasteiger partial charge in [-0.3, -0.25) is 14.8 Å². The maximum absolute atomic E-state index is 14.4. The van der Waals surface area contributed by atoms with Crippen LogP contribution in [0.4, 0.5) is 4.39 Å². The second-order valence-electron chi connectivity index (χ2n) is 12.7. The summed E-state index contributed by atoms with van der Waals surface area (Å²) >= 11 is 5.96. The van der Waals surface area contributed by atoms with Crippen LogP contribution in [0.2, 0.25) is 5.02 Å². The fourth-order valence-electron chi connectivity index (χ4n) is 6.90. The summed E-state index contributed by atoms with van der Waals surface area (Å²) in [5.41, 5.74) is 1.91. The minimum Gasteiger partial charge on any atom is -0.351 e. The summed E-state index contributed by atoms with van der Waals surface area (Å²) in [5, 5.41) is 11.9. The van der Waals surface area contributed by atoms with E-state index < -0.39 is 5.82 Å². The van der Waals surface area contributed by atoms with Crippen molar-refractivity contribution >= 4 is 17.5 Å². The van der Waals surface area contributed by atoms with Gasteiger partial charge in [-0.15, -0.1) is 0 Å². The first-order valence-electron chi connectivity index (χ1n) is 12.9. The molecule has 6 atom stereocenters. The topological polar surface area (TPSA) is 59.0 Å². The van der Waals surface area contributed by atoms with E-state index in [1.165, 1.54) is 12.5 Å². The molecule has 1 amide bonds. The average molecular weight is 501 g/mol. The van der Waals surface area contributed by atoms with Crippen molar-refractivity contribution in [3.05, 3.63) is 52.6 Å². The van der Waals surface area contributed by atoms with Gasteiger partial charge in [-0.25, -0.2) is 4.39 Å². The van der Waals surface area contributed by atoms with E-state index in [1.807, 2.05) is 23.0 Å². The summed E-state index contributed by atoms with van der Waals surface area (Å²) in [4.78, 5) is 13.6. The molecule has 1 aromatic heterocycles. The van der Waals surface area contributed by atoms with Crippen molar-refractivity contribution in [1.29, 1.82) is 0 Å². The number of hydrogen-bond donors (Lipinski definition) is 2. The van der Waals surface area contributed by atoms with Gasteiger partial charge in [-0.2, -0.15) is 5.10 Å². The maximum Gasteiger partial charge on any atom is 0.237 e. The second-order valence-corrected chi connectivity index (χ2v) is 13.1. The lowest BCUT2D eigenvalue weighted by molar-refractivity contribution is -0.124.